The fraction of sp³-hybridized carbons (Fsp3) is 0.357. The molecule has 0 amide bonds. The highest BCUT2D eigenvalue weighted by Gasteiger charge is 2.22. The maximum absolute atomic E-state index is 11.2. The Kier molecular flexibility index (Phi) is 5.25. The van der Waals surface area contributed by atoms with Gasteiger partial charge in [-0.05, 0) is 26.0 Å². The molecule has 0 bridgehead atoms. The Labute approximate surface area is 102 Å². The Morgan fingerprint density at radius 1 is 1.41 bits per heavy atom. The summed E-state index contributed by atoms with van der Waals surface area (Å²) in [6, 6.07) is 9.11. The first kappa shape index (κ1) is 13.3. The highest BCUT2D eigenvalue weighted by molar-refractivity contribution is 5.74. The Morgan fingerprint density at radius 2 is 2.06 bits per heavy atom. The molecule has 1 rings (SSSR count). The second-order valence-electron chi connectivity index (χ2n) is 3.89. The third kappa shape index (κ3) is 4.29. The summed E-state index contributed by atoms with van der Waals surface area (Å²) >= 11 is 0. The SMILES string of the molecule is CC#CCN(C)[C@@H](Cc1ccccc1)C(=O)O. The fourth-order valence-corrected chi connectivity index (χ4v) is 1.58. The summed E-state index contributed by atoms with van der Waals surface area (Å²) in [5.41, 5.74) is 1.02. The summed E-state index contributed by atoms with van der Waals surface area (Å²) < 4.78 is 0. The maximum atomic E-state index is 11.2. The molecular weight excluding hydrogens is 214 g/mol. The van der Waals surface area contributed by atoms with Crippen LogP contribution in [0.3, 0.4) is 0 Å². The van der Waals surface area contributed by atoms with E-state index >= 15 is 0 Å². The lowest BCUT2D eigenvalue weighted by atomic mass is 10.1. The summed E-state index contributed by atoms with van der Waals surface area (Å²) in [7, 11) is 1.78. The molecule has 0 aliphatic carbocycles. The summed E-state index contributed by atoms with van der Waals surface area (Å²) in [6.45, 7) is 2.22. The number of aliphatic carboxylic acids is 1. The molecule has 1 N–H and O–H groups in total. The van der Waals surface area contributed by atoms with Gasteiger partial charge in [-0.3, -0.25) is 9.69 Å². The first-order valence-corrected chi connectivity index (χ1v) is 5.51. The Hall–Kier alpha value is -1.79. The Morgan fingerprint density at radius 3 is 2.59 bits per heavy atom. The Balaban J connectivity index is 2.72. The summed E-state index contributed by atoms with van der Waals surface area (Å²) in [4.78, 5) is 13.0. The monoisotopic (exact) mass is 231 g/mol. The predicted octanol–water partition coefficient (Wildman–Crippen LogP) is 1.64. The highest BCUT2D eigenvalue weighted by Crippen LogP contribution is 2.07. The number of carboxylic acid groups (broad SMARTS) is 1. The lowest BCUT2D eigenvalue weighted by Gasteiger charge is -2.22. The fourth-order valence-electron chi connectivity index (χ4n) is 1.58. The van der Waals surface area contributed by atoms with Crippen molar-refractivity contribution in [3.63, 3.8) is 0 Å². The van der Waals surface area contributed by atoms with Crippen molar-refractivity contribution in [3.8, 4) is 11.8 Å². The summed E-state index contributed by atoms with van der Waals surface area (Å²) in [5, 5.41) is 9.21. The van der Waals surface area contributed by atoms with Gasteiger partial charge in [0.2, 0.25) is 0 Å². The molecule has 0 aromatic heterocycles. The Bertz CT molecular complexity index is 417. The van der Waals surface area contributed by atoms with Gasteiger partial charge in [0.25, 0.3) is 0 Å². The van der Waals surface area contributed by atoms with E-state index in [-0.39, 0.29) is 0 Å². The number of rotatable bonds is 5. The zero-order valence-electron chi connectivity index (χ0n) is 10.2. The molecule has 0 unspecified atom stereocenters. The van der Waals surface area contributed by atoms with E-state index < -0.39 is 12.0 Å². The van der Waals surface area contributed by atoms with Crippen molar-refractivity contribution in [2.45, 2.75) is 19.4 Å². The number of hydrogen-bond acceptors (Lipinski definition) is 2. The predicted molar refractivity (Wildman–Crippen MR) is 67.6 cm³/mol. The second-order valence-corrected chi connectivity index (χ2v) is 3.89. The molecule has 17 heavy (non-hydrogen) atoms. The number of likely N-dealkylation sites (N-methyl/N-ethyl adjacent to an activating group) is 1. The average Bonchev–Trinajstić information content (AvgIpc) is 2.34. The first-order chi connectivity index (χ1) is 8.15. The van der Waals surface area contributed by atoms with Crippen molar-refractivity contribution < 1.29 is 9.90 Å². The third-order valence-corrected chi connectivity index (χ3v) is 2.59. The van der Waals surface area contributed by atoms with Crippen LogP contribution in [-0.2, 0) is 11.2 Å². The van der Waals surface area contributed by atoms with E-state index in [2.05, 4.69) is 11.8 Å². The second kappa shape index (κ2) is 6.72. The number of nitrogens with zero attached hydrogens (tertiary/aromatic N) is 1. The molecule has 0 radical (unpaired) electrons. The van der Waals surface area contributed by atoms with Gasteiger partial charge in [-0.2, -0.15) is 0 Å². The van der Waals surface area contributed by atoms with E-state index in [1.165, 1.54) is 0 Å². The van der Waals surface area contributed by atoms with Gasteiger partial charge in [0.15, 0.2) is 0 Å². The molecule has 3 nitrogen and oxygen atoms in total. The van der Waals surface area contributed by atoms with Crippen LogP contribution in [0.1, 0.15) is 12.5 Å². The van der Waals surface area contributed by atoms with Gasteiger partial charge in [-0.1, -0.05) is 36.3 Å². The van der Waals surface area contributed by atoms with Gasteiger partial charge in [-0.15, -0.1) is 5.92 Å². The van der Waals surface area contributed by atoms with Gasteiger partial charge in [0.05, 0.1) is 6.54 Å². The van der Waals surface area contributed by atoms with Crippen LogP contribution in [0.5, 0.6) is 0 Å². The smallest absolute Gasteiger partial charge is 0.321 e. The van der Waals surface area contributed by atoms with Crippen molar-refractivity contribution in [2.24, 2.45) is 0 Å². The zero-order chi connectivity index (χ0) is 12.7. The van der Waals surface area contributed by atoms with E-state index in [4.69, 9.17) is 0 Å². The molecule has 1 aromatic carbocycles. The molecule has 3 heteroatoms. The average molecular weight is 231 g/mol. The van der Waals surface area contributed by atoms with E-state index in [9.17, 15) is 9.90 Å². The maximum Gasteiger partial charge on any atom is 0.321 e. The number of carbonyl (C=O) groups is 1. The van der Waals surface area contributed by atoms with Crippen LogP contribution < -0.4 is 0 Å². The van der Waals surface area contributed by atoms with Crippen LogP contribution in [0.2, 0.25) is 0 Å². The van der Waals surface area contributed by atoms with Gasteiger partial charge in [0.1, 0.15) is 6.04 Å². The lowest BCUT2D eigenvalue weighted by molar-refractivity contribution is -0.142. The van der Waals surface area contributed by atoms with Crippen LogP contribution in [0.15, 0.2) is 30.3 Å². The molecule has 0 heterocycles. The van der Waals surface area contributed by atoms with Crippen molar-refractivity contribution in [1.29, 1.82) is 0 Å². The van der Waals surface area contributed by atoms with Crippen LogP contribution in [0, 0.1) is 11.8 Å². The van der Waals surface area contributed by atoms with Gasteiger partial charge < -0.3 is 5.11 Å². The van der Waals surface area contributed by atoms with E-state index in [1.54, 1.807) is 18.9 Å². The van der Waals surface area contributed by atoms with Crippen LogP contribution in [-0.4, -0.2) is 35.6 Å². The first-order valence-electron chi connectivity index (χ1n) is 5.51. The minimum absolute atomic E-state index is 0.473. The molecule has 0 aliphatic rings. The topological polar surface area (TPSA) is 40.5 Å². The molecule has 90 valence electrons. The molecule has 0 saturated heterocycles. The quantitative estimate of drug-likeness (QED) is 0.783. The van der Waals surface area contributed by atoms with Crippen LogP contribution in [0.25, 0.3) is 0 Å². The standard InChI is InChI=1S/C14H17NO2/c1-3-4-10-15(2)13(14(16)17)11-12-8-6-5-7-9-12/h5-9,13H,10-11H2,1-2H3,(H,16,17)/t13-/m0/s1. The van der Waals surface area contributed by atoms with Crippen molar-refractivity contribution in [2.75, 3.05) is 13.6 Å². The third-order valence-electron chi connectivity index (χ3n) is 2.59. The van der Waals surface area contributed by atoms with Crippen molar-refractivity contribution in [1.82, 2.24) is 4.90 Å². The molecular formula is C14H17NO2. The summed E-state index contributed by atoms with van der Waals surface area (Å²) in [5.74, 6) is 4.84. The normalized spacial score (nSPS) is 11.7. The number of hydrogen-bond donors (Lipinski definition) is 1. The van der Waals surface area contributed by atoms with Crippen LogP contribution in [0.4, 0.5) is 0 Å². The lowest BCUT2D eigenvalue weighted by Crippen LogP contribution is -2.40. The molecule has 1 aromatic rings. The van der Waals surface area contributed by atoms with E-state index in [0.717, 1.165) is 5.56 Å². The molecule has 0 saturated carbocycles. The minimum Gasteiger partial charge on any atom is -0.480 e. The van der Waals surface area contributed by atoms with Gasteiger partial charge in [-0.25, -0.2) is 0 Å². The van der Waals surface area contributed by atoms with Gasteiger partial charge in [0, 0.05) is 0 Å². The molecule has 0 fully saturated rings. The zero-order valence-corrected chi connectivity index (χ0v) is 10.2. The van der Waals surface area contributed by atoms with E-state index in [0.29, 0.717) is 13.0 Å². The van der Waals surface area contributed by atoms with Crippen molar-refractivity contribution in [3.05, 3.63) is 35.9 Å². The minimum atomic E-state index is -0.811. The largest absolute Gasteiger partial charge is 0.480 e. The van der Waals surface area contributed by atoms with Gasteiger partial charge >= 0.3 is 5.97 Å². The van der Waals surface area contributed by atoms with E-state index in [1.807, 2.05) is 30.3 Å². The summed E-state index contributed by atoms with van der Waals surface area (Å²) in [6.07, 6.45) is 0.498. The molecule has 0 spiro atoms. The highest BCUT2D eigenvalue weighted by atomic mass is 16.4. The molecule has 1 atom stereocenters. The molecule has 0 aliphatic heterocycles. The number of benzene rings is 1. The number of carboxylic acids is 1. The van der Waals surface area contributed by atoms with Crippen molar-refractivity contribution >= 4 is 5.97 Å². The van der Waals surface area contributed by atoms with Crippen LogP contribution >= 0.6 is 0 Å².